The van der Waals surface area contributed by atoms with E-state index in [9.17, 15) is 9.59 Å². The zero-order chi connectivity index (χ0) is 22.7. The number of anilines is 2. The van der Waals surface area contributed by atoms with Crippen molar-refractivity contribution in [2.45, 2.75) is 13.3 Å². The number of fused-ring (bicyclic) bond motifs is 1. The van der Waals surface area contributed by atoms with Crippen molar-refractivity contribution in [3.05, 3.63) is 53.2 Å². The number of ether oxygens (including phenoxy) is 2. The largest absolute Gasteiger partial charge is 0.493 e. The molecule has 0 saturated carbocycles. The number of amides is 2. The minimum Gasteiger partial charge on any atom is -0.493 e. The van der Waals surface area contributed by atoms with Crippen LogP contribution in [0.15, 0.2) is 42.1 Å². The van der Waals surface area contributed by atoms with Gasteiger partial charge in [0.15, 0.2) is 11.5 Å². The van der Waals surface area contributed by atoms with Crippen LogP contribution < -0.4 is 20.1 Å². The molecule has 7 nitrogen and oxygen atoms in total. The highest BCUT2D eigenvalue weighted by Crippen LogP contribution is 2.42. The van der Waals surface area contributed by atoms with E-state index in [0.29, 0.717) is 34.7 Å². The van der Waals surface area contributed by atoms with Crippen LogP contribution in [0.1, 0.15) is 29.3 Å². The Kier molecular flexibility index (Phi) is 6.60. The first kappa shape index (κ1) is 22.1. The second-order valence-corrected chi connectivity index (χ2v) is 8.75. The first-order chi connectivity index (χ1) is 15.5. The normalized spacial score (nSPS) is 16.8. The van der Waals surface area contributed by atoms with Gasteiger partial charge in [-0.1, -0.05) is 6.92 Å². The van der Waals surface area contributed by atoms with Crippen molar-refractivity contribution in [3.8, 4) is 11.5 Å². The molecule has 0 bridgehead atoms. The summed E-state index contributed by atoms with van der Waals surface area (Å²) < 4.78 is 10.8. The zero-order valence-electron chi connectivity index (χ0n) is 18.5. The number of hydrogen-bond donors (Lipinski definition) is 2. The summed E-state index contributed by atoms with van der Waals surface area (Å²) in [6.07, 6.45) is 0.628. The molecule has 0 aliphatic carbocycles. The van der Waals surface area contributed by atoms with Gasteiger partial charge in [0.2, 0.25) is 0 Å². The number of carbonyl (C=O) groups is 2. The fraction of sp³-hybridized carbons (Fsp3) is 0.333. The van der Waals surface area contributed by atoms with Crippen molar-refractivity contribution in [2.24, 2.45) is 0 Å². The Morgan fingerprint density at radius 2 is 1.75 bits per heavy atom. The average molecular weight is 454 g/mol. The van der Waals surface area contributed by atoms with E-state index in [0.717, 1.165) is 41.5 Å². The third kappa shape index (κ3) is 4.27. The summed E-state index contributed by atoms with van der Waals surface area (Å²) in [7, 11) is 3.14. The van der Waals surface area contributed by atoms with Crippen LogP contribution in [-0.4, -0.2) is 55.5 Å². The number of benzene rings is 2. The van der Waals surface area contributed by atoms with E-state index in [1.54, 1.807) is 20.3 Å². The molecule has 32 heavy (non-hydrogen) atoms. The molecule has 1 saturated heterocycles. The first-order valence-electron chi connectivity index (χ1n) is 10.6. The van der Waals surface area contributed by atoms with Crippen molar-refractivity contribution >= 4 is 40.5 Å². The van der Waals surface area contributed by atoms with Gasteiger partial charge in [-0.2, -0.15) is 11.8 Å². The Hall–Kier alpha value is -3.13. The van der Waals surface area contributed by atoms with Gasteiger partial charge in [0.25, 0.3) is 11.8 Å². The highest BCUT2D eigenvalue weighted by Gasteiger charge is 2.29. The van der Waals surface area contributed by atoms with E-state index in [4.69, 9.17) is 9.47 Å². The Labute approximate surface area is 192 Å². The number of allylic oxidation sites excluding steroid dienone is 1. The van der Waals surface area contributed by atoms with Crippen LogP contribution in [0.3, 0.4) is 0 Å². The minimum absolute atomic E-state index is 0.0658. The van der Waals surface area contributed by atoms with Gasteiger partial charge in [-0.05, 0) is 36.8 Å². The van der Waals surface area contributed by atoms with Crippen LogP contribution in [0.4, 0.5) is 11.4 Å². The molecule has 0 spiro atoms. The molecule has 2 aliphatic rings. The van der Waals surface area contributed by atoms with E-state index in [-0.39, 0.29) is 11.8 Å². The number of hydrogen-bond acceptors (Lipinski definition) is 6. The molecule has 0 atom stereocenters. The van der Waals surface area contributed by atoms with Gasteiger partial charge in [-0.25, -0.2) is 0 Å². The second-order valence-electron chi connectivity index (χ2n) is 7.52. The van der Waals surface area contributed by atoms with E-state index in [1.807, 2.05) is 53.9 Å². The Bertz CT molecular complexity index is 1060. The molecular formula is C24H27N3O4S. The molecule has 0 aromatic heterocycles. The van der Waals surface area contributed by atoms with Crippen molar-refractivity contribution < 1.29 is 19.1 Å². The number of carbonyl (C=O) groups excluding carboxylic acids is 2. The first-order valence-corrected chi connectivity index (χ1v) is 11.8. The fourth-order valence-corrected chi connectivity index (χ4v) is 4.85. The third-order valence-electron chi connectivity index (χ3n) is 5.65. The maximum atomic E-state index is 12.8. The summed E-state index contributed by atoms with van der Waals surface area (Å²) >= 11 is 1.88. The molecule has 168 valence electrons. The molecule has 0 radical (unpaired) electrons. The molecule has 2 N–H and O–H groups in total. The SMILES string of the molecule is CC/C(Nc1ccc(C(=O)N2CCSCC2)cc1)=C1/C(=O)Nc2cc(OC)c(OC)cc21. The Morgan fingerprint density at radius 1 is 1.09 bits per heavy atom. The second kappa shape index (κ2) is 9.56. The molecular weight excluding hydrogens is 426 g/mol. The molecule has 2 aromatic rings. The summed E-state index contributed by atoms with van der Waals surface area (Å²) in [6, 6.07) is 11.0. The van der Waals surface area contributed by atoms with Crippen molar-refractivity contribution in [2.75, 3.05) is 49.4 Å². The van der Waals surface area contributed by atoms with Crippen LogP contribution in [0.25, 0.3) is 5.57 Å². The van der Waals surface area contributed by atoms with Gasteiger partial charge in [0.1, 0.15) is 0 Å². The third-order valence-corrected chi connectivity index (χ3v) is 6.59. The topological polar surface area (TPSA) is 79.9 Å². The Morgan fingerprint density at radius 3 is 2.38 bits per heavy atom. The van der Waals surface area contributed by atoms with Crippen LogP contribution in [0.2, 0.25) is 0 Å². The van der Waals surface area contributed by atoms with Gasteiger partial charge in [-0.3, -0.25) is 9.59 Å². The molecule has 4 rings (SSSR count). The maximum absolute atomic E-state index is 12.8. The molecule has 2 aromatic carbocycles. The predicted octanol–water partition coefficient (Wildman–Crippen LogP) is 4.08. The Balaban J connectivity index is 1.60. The van der Waals surface area contributed by atoms with Gasteiger partial charge in [0, 0.05) is 53.2 Å². The summed E-state index contributed by atoms with van der Waals surface area (Å²) in [5.41, 5.74) is 4.33. The number of thioether (sulfide) groups is 1. The smallest absolute Gasteiger partial charge is 0.258 e. The molecule has 1 fully saturated rings. The van der Waals surface area contributed by atoms with E-state index >= 15 is 0 Å². The maximum Gasteiger partial charge on any atom is 0.258 e. The molecule has 2 amide bonds. The summed E-state index contributed by atoms with van der Waals surface area (Å²) in [4.78, 5) is 27.4. The summed E-state index contributed by atoms with van der Waals surface area (Å²) in [6.45, 7) is 3.57. The van der Waals surface area contributed by atoms with Gasteiger partial charge < -0.3 is 25.0 Å². The predicted molar refractivity (Wildman–Crippen MR) is 129 cm³/mol. The lowest BCUT2D eigenvalue weighted by Crippen LogP contribution is -2.37. The van der Waals surface area contributed by atoms with E-state index in [2.05, 4.69) is 10.6 Å². The van der Waals surface area contributed by atoms with Crippen LogP contribution in [-0.2, 0) is 4.79 Å². The van der Waals surface area contributed by atoms with Gasteiger partial charge >= 0.3 is 0 Å². The van der Waals surface area contributed by atoms with Crippen LogP contribution >= 0.6 is 11.8 Å². The number of methoxy groups -OCH3 is 2. The fourth-order valence-electron chi connectivity index (χ4n) is 3.94. The lowest BCUT2D eigenvalue weighted by Gasteiger charge is -2.26. The molecule has 0 unspecified atom stereocenters. The molecule has 8 heteroatoms. The van der Waals surface area contributed by atoms with Crippen molar-refractivity contribution in [3.63, 3.8) is 0 Å². The number of rotatable bonds is 6. The summed E-state index contributed by atoms with van der Waals surface area (Å²) in [5, 5.41) is 6.28. The van der Waals surface area contributed by atoms with Gasteiger partial charge in [0.05, 0.1) is 25.5 Å². The highest BCUT2D eigenvalue weighted by molar-refractivity contribution is 7.99. The van der Waals surface area contributed by atoms with Crippen molar-refractivity contribution in [1.29, 1.82) is 0 Å². The molecule has 2 heterocycles. The standard InChI is InChI=1S/C24H27N3O4S/c1-4-18(22-17-13-20(30-2)21(31-3)14-19(17)26-23(22)28)25-16-7-5-15(6-8-16)24(29)27-9-11-32-12-10-27/h5-8,13-14,25H,4,9-12H2,1-3H3,(H,26,28)/b22-18-. The van der Waals surface area contributed by atoms with Crippen LogP contribution in [0, 0.1) is 0 Å². The average Bonchev–Trinajstić information content (AvgIpc) is 3.16. The lowest BCUT2D eigenvalue weighted by molar-refractivity contribution is -0.110. The monoisotopic (exact) mass is 453 g/mol. The number of nitrogens with one attached hydrogen (secondary N) is 2. The van der Waals surface area contributed by atoms with Crippen molar-refractivity contribution in [1.82, 2.24) is 4.90 Å². The van der Waals surface area contributed by atoms with E-state index in [1.165, 1.54) is 0 Å². The quantitative estimate of drug-likeness (QED) is 0.642. The highest BCUT2D eigenvalue weighted by atomic mass is 32.2. The van der Waals surface area contributed by atoms with E-state index < -0.39 is 0 Å². The minimum atomic E-state index is -0.172. The number of nitrogens with zero attached hydrogens (tertiary/aromatic N) is 1. The zero-order valence-corrected chi connectivity index (χ0v) is 19.3. The molecule has 2 aliphatic heterocycles. The lowest BCUT2D eigenvalue weighted by atomic mass is 10.0. The van der Waals surface area contributed by atoms with Gasteiger partial charge in [-0.15, -0.1) is 0 Å². The van der Waals surface area contributed by atoms with Crippen LogP contribution in [0.5, 0.6) is 11.5 Å². The summed E-state index contributed by atoms with van der Waals surface area (Å²) in [5.74, 6) is 2.99.